The number of nitrogens with zero attached hydrogens (tertiary/aromatic N) is 4. The second-order valence-corrected chi connectivity index (χ2v) is 11.5. The van der Waals surface area contributed by atoms with Crippen LogP contribution in [0.4, 0.5) is 17.2 Å². The molecule has 1 saturated heterocycles. The Bertz CT molecular complexity index is 1150. The van der Waals surface area contributed by atoms with Crippen LogP contribution >= 0.6 is 0 Å². The molecule has 0 spiro atoms. The third kappa shape index (κ3) is 8.07. The Morgan fingerprint density at radius 2 is 1.70 bits per heavy atom. The fourth-order valence-electron chi connectivity index (χ4n) is 5.54. The molecule has 1 amide bonds. The highest BCUT2D eigenvalue weighted by Gasteiger charge is 2.32. The summed E-state index contributed by atoms with van der Waals surface area (Å²) < 4.78 is 5.19. The lowest BCUT2D eigenvalue weighted by Gasteiger charge is -2.37. The molecule has 40 heavy (non-hydrogen) atoms. The van der Waals surface area contributed by atoms with Crippen LogP contribution in [0.15, 0.2) is 48.5 Å². The van der Waals surface area contributed by atoms with Crippen molar-refractivity contribution >= 4 is 35.1 Å². The molecule has 2 heterocycles. The predicted molar refractivity (Wildman–Crippen MR) is 161 cm³/mol. The second-order valence-electron chi connectivity index (χ2n) is 11.5. The quantitative estimate of drug-likeness (QED) is 0.352. The first-order valence-corrected chi connectivity index (χ1v) is 14.6. The van der Waals surface area contributed by atoms with E-state index in [-0.39, 0.29) is 24.0 Å². The number of anilines is 3. The largest absolute Gasteiger partial charge is 0.460 e. The number of carbonyl (C=O) groups is 2. The molecule has 1 aromatic carbocycles. The summed E-state index contributed by atoms with van der Waals surface area (Å²) in [5.41, 5.74) is 3.02. The molecule has 1 aliphatic heterocycles. The lowest BCUT2D eigenvalue weighted by molar-refractivity contribution is -0.141. The zero-order valence-electron chi connectivity index (χ0n) is 24.3. The van der Waals surface area contributed by atoms with E-state index in [0.717, 1.165) is 25.9 Å². The van der Waals surface area contributed by atoms with E-state index < -0.39 is 5.97 Å². The van der Waals surface area contributed by atoms with Gasteiger partial charge in [0.25, 0.3) is 0 Å². The minimum Gasteiger partial charge on any atom is -0.460 e. The summed E-state index contributed by atoms with van der Waals surface area (Å²) >= 11 is 0. The van der Waals surface area contributed by atoms with E-state index in [0.29, 0.717) is 49.7 Å². The van der Waals surface area contributed by atoms with Crippen molar-refractivity contribution in [1.29, 1.82) is 0 Å². The van der Waals surface area contributed by atoms with E-state index in [2.05, 4.69) is 34.1 Å². The van der Waals surface area contributed by atoms with Gasteiger partial charge in [0, 0.05) is 57.1 Å². The van der Waals surface area contributed by atoms with Gasteiger partial charge in [0.1, 0.15) is 5.82 Å². The number of rotatable bonds is 9. The fourth-order valence-corrected chi connectivity index (χ4v) is 5.54. The van der Waals surface area contributed by atoms with Gasteiger partial charge in [0.2, 0.25) is 5.91 Å². The molecule has 0 unspecified atom stereocenters. The molecular formula is C32H44N4O4. The van der Waals surface area contributed by atoms with Gasteiger partial charge in [-0.2, -0.15) is 0 Å². The molecule has 2 fully saturated rings. The standard InChI is InChI=1S/C32H44N4O4/c1-23(2)40-31(38)17-10-26-6-5-7-30(33-26)36(32(39)25-8-15-29(37)16-9-25)22-24-18-20-35(21-19-24)28-13-11-27(12-14-28)34(3)4/h5-7,10-14,17,23-25,29,37H,8-9,15-16,18-22H2,1-4H3/b17-10+. The average Bonchev–Trinajstić information content (AvgIpc) is 2.95. The number of aliphatic hydroxyl groups excluding tert-OH is 1. The molecule has 4 rings (SSSR count). The van der Waals surface area contributed by atoms with Gasteiger partial charge >= 0.3 is 5.97 Å². The maximum atomic E-state index is 13.8. The SMILES string of the molecule is CC(C)OC(=O)/C=C/c1cccc(N(CC2CCN(c3ccc(N(C)C)cc3)CC2)C(=O)C2CCC(O)CC2)n1. The Kier molecular flexibility index (Phi) is 10.2. The molecule has 1 aromatic heterocycles. The molecule has 0 bridgehead atoms. The highest BCUT2D eigenvalue weighted by atomic mass is 16.5. The number of esters is 1. The van der Waals surface area contributed by atoms with E-state index in [1.54, 1.807) is 6.08 Å². The van der Waals surface area contributed by atoms with Crippen molar-refractivity contribution < 1.29 is 19.4 Å². The van der Waals surface area contributed by atoms with Crippen molar-refractivity contribution in [1.82, 2.24) is 4.98 Å². The first-order chi connectivity index (χ1) is 19.2. The Hall–Kier alpha value is -3.39. The van der Waals surface area contributed by atoms with Crippen molar-refractivity contribution in [3.8, 4) is 0 Å². The van der Waals surface area contributed by atoms with Gasteiger partial charge in [0.05, 0.1) is 17.9 Å². The lowest BCUT2D eigenvalue weighted by atomic mass is 9.86. The predicted octanol–water partition coefficient (Wildman–Crippen LogP) is 4.91. The number of pyridine rings is 1. The van der Waals surface area contributed by atoms with Crippen LogP contribution in [0.5, 0.6) is 0 Å². The summed E-state index contributed by atoms with van der Waals surface area (Å²) in [6, 6.07) is 14.2. The fraction of sp³-hybridized carbons (Fsp3) is 0.531. The number of hydrogen-bond acceptors (Lipinski definition) is 7. The second kappa shape index (κ2) is 13.8. The van der Waals surface area contributed by atoms with Crippen LogP contribution in [0.3, 0.4) is 0 Å². The number of amides is 1. The van der Waals surface area contributed by atoms with E-state index >= 15 is 0 Å². The van der Waals surface area contributed by atoms with Gasteiger partial charge in [-0.15, -0.1) is 0 Å². The number of piperidine rings is 1. The number of hydrogen-bond donors (Lipinski definition) is 1. The zero-order chi connectivity index (χ0) is 28.6. The van der Waals surface area contributed by atoms with Crippen LogP contribution in [0.25, 0.3) is 6.08 Å². The van der Waals surface area contributed by atoms with E-state index in [1.165, 1.54) is 17.5 Å². The number of aliphatic hydroxyl groups is 1. The minimum atomic E-state index is -0.418. The summed E-state index contributed by atoms with van der Waals surface area (Å²) in [4.78, 5) is 37.0. The smallest absolute Gasteiger partial charge is 0.331 e. The third-order valence-electron chi connectivity index (χ3n) is 7.87. The van der Waals surface area contributed by atoms with E-state index in [4.69, 9.17) is 9.72 Å². The highest BCUT2D eigenvalue weighted by molar-refractivity contribution is 5.94. The van der Waals surface area contributed by atoms with Crippen molar-refractivity contribution in [2.75, 3.05) is 48.4 Å². The number of carbonyl (C=O) groups excluding carboxylic acids is 2. The maximum Gasteiger partial charge on any atom is 0.331 e. The number of aromatic nitrogens is 1. The summed E-state index contributed by atoms with van der Waals surface area (Å²) in [6.07, 6.45) is 7.18. The van der Waals surface area contributed by atoms with Crippen molar-refractivity contribution in [2.45, 2.75) is 64.6 Å². The topological polar surface area (TPSA) is 86.2 Å². The first-order valence-electron chi connectivity index (χ1n) is 14.6. The molecule has 0 radical (unpaired) electrons. The van der Waals surface area contributed by atoms with Crippen LogP contribution in [-0.2, 0) is 14.3 Å². The van der Waals surface area contributed by atoms with Crippen molar-refractivity contribution in [2.24, 2.45) is 11.8 Å². The van der Waals surface area contributed by atoms with Gasteiger partial charge in [-0.25, -0.2) is 9.78 Å². The van der Waals surface area contributed by atoms with E-state index in [9.17, 15) is 14.7 Å². The molecular weight excluding hydrogens is 504 g/mol. The third-order valence-corrected chi connectivity index (χ3v) is 7.87. The van der Waals surface area contributed by atoms with Crippen molar-refractivity contribution in [3.63, 3.8) is 0 Å². The number of ether oxygens (including phenoxy) is 1. The summed E-state index contributed by atoms with van der Waals surface area (Å²) in [6.45, 7) is 6.11. The van der Waals surface area contributed by atoms with Crippen LogP contribution in [0.1, 0.15) is 58.1 Å². The number of benzene rings is 1. The lowest BCUT2D eigenvalue weighted by Crippen LogP contribution is -2.44. The van der Waals surface area contributed by atoms with E-state index in [1.807, 2.05) is 51.0 Å². The molecule has 0 atom stereocenters. The Balaban J connectivity index is 1.47. The molecule has 216 valence electrons. The Morgan fingerprint density at radius 1 is 1.02 bits per heavy atom. The molecule has 1 saturated carbocycles. The highest BCUT2D eigenvalue weighted by Crippen LogP contribution is 2.31. The summed E-state index contributed by atoms with van der Waals surface area (Å²) in [7, 11) is 4.09. The van der Waals surface area contributed by atoms with Gasteiger partial charge in [0.15, 0.2) is 0 Å². The molecule has 1 aliphatic carbocycles. The zero-order valence-corrected chi connectivity index (χ0v) is 24.3. The van der Waals surface area contributed by atoms with Gasteiger partial charge in [-0.3, -0.25) is 9.69 Å². The van der Waals surface area contributed by atoms with Gasteiger partial charge < -0.3 is 19.6 Å². The molecule has 8 heteroatoms. The molecule has 2 aromatic rings. The monoisotopic (exact) mass is 548 g/mol. The molecule has 2 aliphatic rings. The van der Waals surface area contributed by atoms with Crippen molar-refractivity contribution in [3.05, 3.63) is 54.2 Å². The molecule has 8 nitrogen and oxygen atoms in total. The summed E-state index contributed by atoms with van der Waals surface area (Å²) in [5, 5.41) is 9.99. The Morgan fingerprint density at radius 3 is 2.33 bits per heavy atom. The maximum absolute atomic E-state index is 13.8. The average molecular weight is 549 g/mol. The van der Waals surface area contributed by atoms with Crippen LogP contribution in [0.2, 0.25) is 0 Å². The Labute approximate surface area is 238 Å². The first kappa shape index (κ1) is 29.6. The minimum absolute atomic E-state index is 0.0847. The summed E-state index contributed by atoms with van der Waals surface area (Å²) in [5.74, 6) is 0.524. The normalized spacial score (nSPS) is 20.1. The van der Waals surface area contributed by atoms with Crippen LogP contribution in [-0.4, -0.2) is 67.9 Å². The molecule has 1 N–H and O–H groups in total. The van der Waals surface area contributed by atoms with Crippen LogP contribution in [0, 0.1) is 11.8 Å². The van der Waals surface area contributed by atoms with Gasteiger partial charge in [-0.1, -0.05) is 6.07 Å². The van der Waals surface area contributed by atoms with Crippen LogP contribution < -0.4 is 14.7 Å². The van der Waals surface area contributed by atoms with Gasteiger partial charge in [-0.05, 0) is 101 Å².